The van der Waals surface area contributed by atoms with Crippen LogP contribution in [0, 0.1) is 0 Å². The normalized spacial score (nSPS) is 22.1. The summed E-state index contributed by atoms with van der Waals surface area (Å²) in [6, 6.07) is 0. The molecule has 1 N–H and O–H groups in total. The van der Waals surface area contributed by atoms with Crippen LogP contribution in [-0.2, 0) is 9.59 Å². The van der Waals surface area contributed by atoms with E-state index in [2.05, 4.69) is 6.92 Å². The zero-order chi connectivity index (χ0) is 18.7. The number of rotatable bonds is 8. The van der Waals surface area contributed by atoms with E-state index in [4.69, 9.17) is 5.11 Å². The van der Waals surface area contributed by atoms with Crippen LogP contribution in [-0.4, -0.2) is 76.7 Å². The number of allylic oxidation sites excluding steroid dienone is 1. The Morgan fingerprint density at radius 2 is 1.50 bits per heavy atom. The van der Waals surface area contributed by atoms with E-state index in [0.29, 0.717) is 17.1 Å². The van der Waals surface area contributed by atoms with Crippen molar-refractivity contribution in [1.82, 2.24) is 14.7 Å². The molecule has 1 unspecified atom stereocenters. The molecule has 3 saturated heterocycles. The predicted octanol–water partition coefficient (Wildman–Crippen LogP) is 1.52. The fourth-order valence-corrected chi connectivity index (χ4v) is 3.14. The molecule has 0 amide bonds. The van der Waals surface area contributed by atoms with Gasteiger partial charge in [0.25, 0.3) is 0 Å². The van der Waals surface area contributed by atoms with Gasteiger partial charge in [0.1, 0.15) is 11.4 Å². The number of aliphatic hydroxyl groups excluding tert-OH is 1. The molecule has 6 heteroatoms. The standard InChI is InChI=1S/C12H13N3O2.C8H18O/c16-9-7-8(13-1-2-13)12(17)11(15-5-6-15)10(9)14-3-4-14;1-3-4-5-6-7-8(2)9/h7H,1-6H2;8-9H,3-7H2,1-2H3. The SMILES string of the molecule is CCCCCCC(C)O.O=C1C=C(N2CC2)C(=O)C(N2CC2)=C1N1CC1. The van der Waals surface area contributed by atoms with Crippen LogP contribution in [0.4, 0.5) is 0 Å². The molecule has 0 aromatic heterocycles. The summed E-state index contributed by atoms with van der Waals surface area (Å²) >= 11 is 0. The summed E-state index contributed by atoms with van der Waals surface area (Å²) in [6.45, 7) is 9.46. The Bertz CT molecular complexity index is 612. The summed E-state index contributed by atoms with van der Waals surface area (Å²) in [7, 11) is 0. The van der Waals surface area contributed by atoms with Gasteiger partial charge in [0.05, 0.1) is 11.8 Å². The molecule has 0 aromatic carbocycles. The van der Waals surface area contributed by atoms with Crippen LogP contribution in [0.3, 0.4) is 0 Å². The number of ketones is 2. The molecule has 0 spiro atoms. The fraction of sp³-hybridized carbons (Fsp3) is 0.700. The molecule has 144 valence electrons. The van der Waals surface area contributed by atoms with Gasteiger partial charge in [0.15, 0.2) is 0 Å². The molecule has 4 aliphatic rings. The summed E-state index contributed by atoms with van der Waals surface area (Å²) in [5.74, 6) is 0.0485. The molecule has 3 aliphatic heterocycles. The van der Waals surface area contributed by atoms with Gasteiger partial charge in [-0.25, -0.2) is 0 Å². The Balaban J connectivity index is 0.000000188. The van der Waals surface area contributed by atoms with Crippen molar-refractivity contribution >= 4 is 11.6 Å². The Kier molecular flexibility index (Phi) is 6.01. The second kappa shape index (κ2) is 8.25. The Hall–Kier alpha value is -1.82. The minimum atomic E-state index is -0.0955. The zero-order valence-electron chi connectivity index (χ0n) is 16.0. The van der Waals surface area contributed by atoms with Crippen LogP contribution in [0.5, 0.6) is 0 Å². The second-order valence-corrected chi connectivity index (χ2v) is 7.58. The zero-order valence-corrected chi connectivity index (χ0v) is 16.0. The minimum absolute atomic E-state index is 0.00546. The molecular formula is C20H31N3O3. The third-order valence-electron chi connectivity index (χ3n) is 4.96. The summed E-state index contributed by atoms with van der Waals surface area (Å²) < 4.78 is 0. The van der Waals surface area contributed by atoms with Crippen molar-refractivity contribution in [2.75, 3.05) is 39.3 Å². The highest BCUT2D eigenvalue weighted by Gasteiger charge is 2.43. The molecule has 0 saturated carbocycles. The number of hydrogen-bond donors (Lipinski definition) is 1. The number of Topliss-reactive ketones (excluding diaryl/α,β-unsaturated/α-hetero) is 1. The molecule has 1 aliphatic carbocycles. The van der Waals surface area contributed by atoms with E-state index < -0.39 is 0 Å². The first-order valence-electron chi connectivity index (χ1n) is 10.0. The maximum absolute atomic E-state index is 12.4. The van der Waals surface area contributed by atoms with E-state index in [1.807, 2.05) is 21.6 Å². The monoisotopic (exact) mass is 361 g/mol. The van der Waals surface area contributed by atoms with Crippen LogP contribution in [0.2, 0.25) is 0 Å². The molecular weight excluding hydrogens is 330 g/mol. The van der Waals surface area contributed by atoms with Crippen molar-refractivity contribution in [3.63, 3.8) is 0 Å². The lowest BCUT2D eigenvalue weighted by molar-refractivity contribution is -0.117. The van der Waals surface area contributed by atoms with Crippen LogP contribution >= 0.6 is 0 Å². The minimum Gasteiger partial charge on any atom is -0.393 e. The Morgan fingerprint density at radius 3 is 2.00 bits per heavy atom. The number of nitrogens with zero attached hydrogens (tertiary/aromatic N) is 3. The largest absolute Gasteiger partial charge is 0.393 e. The molecule has 3 heterocycles. The molecule has 0 aromatic rings. The predicted molar refractivity (Wildman–Crippen MR) is 100 cm³/mol. The van der Waals surface area contributed by atoms with E-state index in [1.54, 1.807) is 0 Å². The lowest BCUT2D eigenvalue weighted by atomic mass is 10.0. The van der Waals surface area contributed by atoms with E-state index in [1.165, 1.54) is 31.8 Å². The van der Waals surface area contributed by atoms with Crippen LogP contribution in [0.1, 0.15) is 46.0 Å². The Morgan fingerprint density at radius 1 is 0.923 bits per heavy atom. The summed E-state index contributed by atoms with van der Waals surface area (Å²) in [4.78, 5) is 30.5. The Labute approximate surface area is 156 Å². The first kappa shape index (κ1) is 19.0. The van der Waals surface area contributed by atoms with Crippen molar-refractivity contribution in [2.24, 2.45) is 0 Å². The number of aliphatic hydroxyl groups is 1. The van der Waals surface area contributed by atoms with Gasteiger partial charge >= 0.3 is 0 Å². The highest BCUT2D eigenvalue weighted by Crippen LogP contribution is 2.33. The molecule has 4 rings (SSSR count). The average molecular weight is 361 g/mol. The molecule has 0 radical (unpaired) electrons. The number of hydrogen-bond acceptors (Lipinski definition) is 6. The van der Waals surface area contributed by atoms with Crippen molar-refractivity contribution in [3.05, 3.63) is 23.2 Å². The van der Waals surface area contributed by atoms with Gasteiger partial charge in [0.2, 0.25) is 11.6 Å². The molecule has 1 atom stereocenters. The van der Waals surface area contributed by atoms with Gasteiger partial charge in [-0.05, 0) is 13.3 Å². The van der Waals surface area contributed by atoms with Crippen molar-refractivity contribution in [3.8, 4) is 0 Å². The van der Waals surface area contributed by atoms with Gasteiger partial charge in [-0.2, -0.15) is 0 Å². The number of carbonyl (C=O) groups is 2. The van der Waals surface area contributed by atoms with Gasteiger partial charge in [-0.15, -0.1) is 0 Å². The van der Waals surface area contributed by atoms with Crippen molar-refractivity contribution in [1.29, 1.82) is 0 Å². The fourth-order valence-electron chi connectivity index (χ4n) is 3.14. The first-order valence-corrected chi connectivity index (χ1v) is 10.0. The molecule has 26 heavy (non-hydrogen) atoms. The highest BCUT2D eigenvalue weighted by molar-refractivity contribution is 6.22. The van der Waals surface area contributed by atoms with E-state index in [0.717, 1.165) is 45.7 Å². The van der Waals surface area contributed by atoms with E-state index >= 15 is 0 Å². The lowest BCUT2D eigenvalue weighted by Gasteiger charge is -2.21. The molecule has 6 nitrogen and oxygen atoms in total. The third-order valence-corrected chi connectivity index (χ3v) is 4.96. The number of unbranched alkanes of at least 4 members (excludes halogenated alkanes) is 3. The van der Waals surface area contributed by atoms with Crippen molar-refractivity contribution in [2.45, 2.75) is 52.1 Å². The van der Waals surface area contributed by atoms with E-state index in [9.17, 15) is 9.59 Å². The van der Waals surface area contributed by atoms with Crippen molar-refractivity contribution < 1.29 is 14.7 Å². The summed E-state index contributed by atoms with van der Waals surface area (Å²) in [5.41, 5.74) is 1.89. The van der Waals surface area contributed by atoms with Gasteiger partial charge in [-0.1, -0.05) is 32.6 Å². The van der Waals surface area contributed by atoms with E-state index in [-0.39, 0.29) is 17.7 Å². The average Bonchev–Trinajstić information content (AvgIpc) is 3.47. The smallest absolute Gasteiger partial charge is 0.227 e. The van der Waals surface area contributed by atoms with Crippen LogP contribution < -0.4 is 0 Å². The quantitative estimate of drug-likeness (QED) is 0.402. The first-order chi connectivity index (χ1) is 12.5. The topological polar surface area (TPSA) is 63.4 Å². The molecule has 3 fully saturated rings. The second-order valence-electron chi connectivity index (χ2n) is 7.58. The third kappa shape index (κ3) is 4.87. The summed E-state index contributed by atoms with van der Waals surface area (Å²) in [6.07, 6.45) is 7.46. The van der Waals surface area contributed by atoms with Gasteiger partial charge in [-0.3, -0.25) is 9.59 Å². The highest BCUT2D eigenvalue weighted by atomic mass is 16.3. The lowest BCUT2D eigenvalue weighted by Crippen LogP contribution is -2.29. The maximum Gasteiger partial charge on any atom is 0.227 e. The number of carbonyl (C=O) groups excluding carboxylic acids is 2. The molecule has 0 bridgehead atoms. The van der Waals surface area contributed by atoms with Gasteiger partial charge in [0, 0.05) is 45.3 Å². The van der Waals surface area contributed by atoms with Crippen LogP contribution in [0.25, 0.3) is 0 Å². The maximum atomic E-state index is 12.4. The van der Waals surface area contributed by atoms with Gasteiger partial charge < -0.3 is 19.8 Å². The van der Waals surface area contributed by atoms with Crippen LogP contribution in [0.15, 0.2) is 23.2 Å². The summed E-state index contributed by atoms with van der Waals surface area (Å²) in [5, 5.41) is 8.85.